The lowest BCUT2D eigenvalue weighted by molar-refractivity contribution is 0.397. The van der Waals surface area contributed by atoms with Gasteiger partial charge in [0.2, 0.25) is 0 Å². The molecule has 0 bridgehead atoms. The third-order valence-corrected chi connectivity index (χ3v) is 6.03. The Labute approximate surface area is 122 Å². The van der Waals surface area contributed by atoms with Crippen LogP contribution in [0.4, 0.5) is 4.39 Å². The van der Waals surface area contributed by atoms with Gasteiger partial charge in [-0.25, -0.2) is 4.39 Å². The van der Waals surface area contributed by atoms with E-state index in [1.165, 1.54) is 11.8 Å². The normalized spacial score (nSPS) is 21.1. The molecule has 1 aromatic carbocycles. The van der Waals surface area contributed by atoms with E-state index in [9.17, 15) is 4.39 Å². The van der Waals surface area contributed by atoms with E-state index in [-0.39, 0.29) is 11.9 Å². The molecular formula is C14H20FNOS2. The van der Waals surface area contributed by atoms with Crippen LogP contribution in [0.15, 0.2) is 18.2 Å². The molecule has 1 heterocycles. The molecule has 1 aliphatic heterocycles. The number of benzene rings is 1. The Hall–Kier alpha value is -0.390. The number of halogens is 1. The Balaban J connectivity index is 2.28. The summed E-state index contributed by atoms with van der Waals surface area (Å²) in [5, 5.41) is 3.96. The second-order valence-electron chi connectivity index (χ2n) is 4.41. The fourth-order valence-corrected chi connectivity index (χ4v) is 5.17. The van der Waals surface area contributed by atoms with E-state index in [2.05, 4.69) is 12.2 Å². The Morgan fingerprint density at radius 1 is 1.47 bits per heavy atom. The molecule has 2 unspecified atom stereocenters. The zero-order chi connectivity index (χ0) is 13.7. The van der Waals surface area contributed by atoms with Gasteiger partial charge in [0.25, 0.3) is 0 Å². The maximum absolute atomic E-state index is 13.6. The first-order valence-corrected chi connectivity index (χ1v) is 8.72. The minimum Gasteiger partial charge on any atom is -0.496 e. The van der Waals surface area contributed by atoms with Crippen molar-refractivity contribution in [3.05, 3.63) is 29.6 Å². The standard InChI is InChI=1S/C14H20FNOS2/c1-3-16-14(13-9-18-6-7-19-13)11-8-10(15)4-5-12(11)17-2/h4-5,8,13-14,16H,3,6-7,9H2,1-2H3. The van der Waals surface area contributed by atoms with Crippen LogP contribution in [0.2, 0.25) is 0 Å². The predicted octanol–water partition coefficient (Wildman–Crippen LogP) is 3.33. The van der Waals surface area contributed by atoms with Crippen molar-refractivity contribution in [2.24, 2.45) is 0 Å². The highest BCUT2D eigenvalue weighted by molar-refractivity contribution is 8.06. The molecule has 1 aromatic rings. The summed E-state index contributed by atoms with van der Waals surface area (Å²) >= 11 is 3.94. The average Bonchev–Trinajstić information content (AvgIpc) is 2.45. The van der Waals surface area contributed by atoms with E-state index in [0.29, 0.717) is 5.25 Å². The number of ether oxygens (including phenoxy) is 1. The van der Waals surface area contributed by atoms with Crippen LogP contribution in [0.1, 0.15) is 18.5 Å². The van der Waals surface area contributed by atoms with Gasteiger partial charge in [0, 0.05) is 34.1 Å². The fraction of sp³-hybridized carbons (Fsp3) is 0.571. The average molecular weight is 301 g/mol. The van der Waals surface area contributed by atoms with Gasteiger partial charge in [-0.3, -0.25) is 0 Å². The van der Waals surface area contributed by atoms with Crippen LogP contribution >= 0.6 is 23.5 Å². The molecule has 0 spiro atoms. The van der Waals surface area contributed by atoms with Gasteiger partial charge in [-0.15, -0.1) is 0 Å². The van der Waals surface area contributed by atoms with Gasteiger partial charge in [0.05, 0.1) is 7.11 Å². The van der Waals surface area contributed by atoms with Gasteiger partial charge in [-0.2, -0.15) is 23.5 Å². The second kappa shape index (κ2) is 7.41. The SMILES string of the molecule is CCNC(c1cc(F)ccc1OC)C1CSCCS1. The van der Waals surface area contributed by atoms with Crippen molar-refractivity contribution in [2.45, 2.75) is 18.2 Å². The zero-order valence-electron chi connectivity index (χ0n) is 11.3. The molecular weight excluding hydrogens is 281 g/mol. The van der Waals surface area contributed by atoms with Gasteiger partial charge in [-0.05, 0) is 24.7 Å². The van der Waals surface area contributed by atoms with Gasteiger partial charge >= 0.3 is 0 Å². The Bertz CT molecular complexity index is 410. The Kier molecular flexibility index (Phi) is 5.85. The van der Waals surface area contributed by atoms with Crippen LogP contribution in [-0.2, 0) is 0 Å². The summed E-state index contributed by atoms with van der Waals surface area (Å²) in [6, 6.07) is 4.92. The van der Waals surface area contributed by atoms with Crippen molar-refractivity contribution in [1.82, 2.24) is 5.32 Å². The van der Waals surface area contributed by atoms with Crippen LogP contribution in [0.5, 0.6) is 5.75 Å². The molecule has 0 aliphatic carbocycles. The number of hydrogen-bond acceptors (Lipinski definition) is 4. The van der Waals surface area contributed by atoms with E-state index in [1.54, 1.807) is 19.2 Å². The maximum atomic E-state index is 13.6. The molecule has 19 heavy (non-hydrogen) atoms. The summed E-state index contributed by atoms with van der Waals surface area (Å²) < 4.78 is 19.0. The summed E-state index contributed by atoms with van der Waals surface area (Å²) in [5.41, 5.74) is 0.935. The topological polar surface area (TPSA) is 21.3 Å². The minimum absolute atomic E-state index is 0.147. The quantitative estimate of drug-likeness (QED) is 0.900. The molecule has 0 radical (unpaired) electrons. The summed E-state index contributed by atoms with van der Waals surface area (Å²) in [6.45, 7) is 2.95. The van der Waals surface area contributed by atoms with E-state index >= 15 is 0 Å². The van der Waals surface area contributed by atoms with Crippen molar-refractivity contribution >= 4 is 23.5 Å². The molecule has 2 atom stereocenters. The van der Waals surface area contributed by atoms with Crippen molar-refractivity contribution in [1.29, 1.82) is 0 Å². The number of rotatable bonds is 5. The van der Waals surface area contributed by atoms with Gasteiger partial charge in [0.15, 0.2) is 0 Å². The number of nitrogens with one attached hydrogen (secondary N) is 1. The third kappa shape index (κ3) is 3.80. The highest BCUT2D eigenvalue weighted by Gasteiger charge is 2.27. The molecule has 1 saturated heterocycles. The fourth-order valence-electron chi connectivity index (χ4n) is 2.31. The van der Waals surface area contributed by atoms with Crippen molar-refractivity contribution in [2.75, 3.05) is 30.9 Å². The van der Waals surface area contributed by atoms with E-state index in [1.807, 2.05) is 23.5 Å². The van der Waals surface area contributed by atoms with E-state index in [4.69, 9.17) is 4.74 Å². The molecule has 1 fully saturated rings. The van der Waals surface area contributed by atoms with Gasteiger partial charge in [-0.1, -0.05) is 6.92 Å². The van der Waals surface area contributed by atoms with Crippen molar-refractivity contribution < 1.29 is 9.13 Å². The van der Waals surface area contributed by atoms with Crippen LogP contribution < -0.4 is 10.1 Å². The van der Waals surface area contributed by atoms with Gasteiger partial charge < -0.3 is 10.1 Å². The first-order valence-electron chi connectivity index (χ1n) is 6.52. The summed E-state index contributed by atoms with van der Waals surface area (Å²) in [5.74, 6) is 4.03. The lowest BCUT2D eigenvalue weighted by Gasteiger charge is -2.31. The minimum atomic E-state index is -0.202. The first kappa shape index (κ1) is 15.0. The molecule has 0 aromatic heterocycles. The smallest absolute Gasteiger partial charge is 0.123 e. The van der Waals surface area contributed by atoms with Crippen LogP contribution in [0.3, 0.4) is 0 Å². The lowest BCUT2D eigenvalue weighted by Crippen LogP contribution is -2.34. The molecule has 2 nitrogen and oxygen atoms in total. The summed E-state index contributed by atoms with van der Waals surface area (Å²) in [4.78, 5) is 0. The zero-order valence-corrected chi connectivity index (χ0v) is 13.0. The van der Waals surface area contributed by atoms with Crippen molar-refractivity contribution in [3.8, 4) is 5.75 Å². The maximum Gasteiger partial charge on any atom is 0.123 e. The van der Waals surface area contributed by atoms with E-state index in [0.717, 1.165) is 29.4 Å². The third-order valence-electron chi connectivity index (χ3n) is 3.16. The monoisotopic (exact) mass is 301 g/mol. The van der Waals surface area contributed by atoms with Crippen LogP contribution in [0, 0.1) is 5.82 Å². The van der Waals surface area contributed by atoms with Crippen LogP contribution in [-0.4, -0.2) is 36.2 Å². The van der Waals surface area contributed by atoms with Gasteiger partial charge in [0.1, 0.15) is 11.6 Å². The molecule has 106 valence electrons. The molecule has 5 heteroatoms. The molecule has 0 amide bonds. The second-order valence-corrected chi connectivity index (χ2v) is 6.90. The summed E-state index contributed by atoms with van der Waals surface area (Å²) in [7, 11) is 1.64. The molecule has 0 saturated carbocycles. The first-order chi connectivity index (χ1) is 9.26. The highest BCUT2D eigenvalue weighted by atomic mass is 32.2. The Morgan fingerprint density at radius 2 is 2.32 bits per heavy atom. The van der Waals surface area contributed by atoms with E-state index < -0.39 is 0 Å². The van der Waals surface area contributed by atoms with Crippen molar-refractivity contribution in [3.63, 3.8) is 0 Å². The predicted molar refractivity (Wildman–Crippen MR) is 82.9 cm³/mol. The lowest BCUT2D eigenvalue weighted by atomic mass is 10.0. The largest absolute Gasteiger partial charge is 0.496 e. The molecule has 1 N–H and O–H groups in total. The Morgan fingerprint density at radius 3 is 2.95 bits per heavy atom. The number of methoxy groups -OCH3 is 1. The van der Waals surface area contributed by atoms with Crippen LogP contribution in [0.25, 0.3) is 0 Å². The number of hydrogen-bond donors (Lipinski definition) is 1. The highest BCUT2D eigenvalue weighted by Crippen LogP contribution is 2.37. The number of thioether (sulfide) groups is 2. The molecule has 2 rings (SSSR count). The summed E-state index contributed by atoms with van der Waals surface area (Å²) in [6.07, 6.45) is 0. The molecule has 1 aliphatic rings.